The van der Waals surface area contributed by atoms with Gasteiger partial charge in [-0.05, 0) is 24.5 Å². The predicted molar refractivity (Wildman–Crippen MR) is 79.1 cm³/mol. The normalized spacial score (nSPS) is 15.2. The molecule has 1 aliphatic heterocycles. The summed E-state index contributed by atoms with van der Waals surface area (Å²) >= 11 is 1.61. The van der Waals surface area contributed by atoms with Crippen molar-refractivity contribution in [2.75, 3.05) is 24.3 Å². The van der Waals surface area contributed by atoms with E-state index < -0.39 is 0 Å². The number of nitrogens with one attached hydrogen (secondary N) is 1. The van der Waals surface area contributed by atoms with Crippen molar-refractivity contribution < 1.29 is 4.74 Å². The number of anilines is 1. The van der Waals surface area contributed by atoms with Crippen LogP contribution in [0.4, 0.5) is 5.69 Å². The second kappa shape index (κ2) is 6.14. The number of ether oxygens (including phenoxy) is 1. The van der Waals surface area contributed by atoms with E-state index in [1.165, 1.54) is 18.4 Å². The van der Waals surface area contributed by atoms with Crippen LogP contribution in [0.3, 0.4) is 0 Å². The molecule has 0 bridgehead atoms. The van der Waals surface area contributed by atoms with Crippen LogP contribution < -0.4 is 9.64 Å². The molecule has 0 aliphatic carbocycles. The molecule has 0 aromatic heterocycles. The lowest BCUT2D eigenvalue weighted by molar-refractivity contribution is 0.414. The molecule has 0 radical (unpaired) electrons. The Morgan fingerprint density at radius 3 is 2.89 bits per heavy atom. The molecule has 2 rings (SSSR count). The van der Waals surface area contributed by atoms with E-state index in [9.17, 15) is 0 Å². The van der Waals surface area contributed by atoms with Crippen LogP contribution in [0.25, 0.3) is 0 Å². The van der Waals surface area contributed by atoms with Crippen LogP contribution in [0.5, 0.6) is 5.75 Å². The van der Waals surface area contributed by atoms with E-state index in [-0.39, 0.29) is 0 Å². The maximum absolute atomic E-state index is 7.99. The van der Waals surface area contributed by atoms with Gasteiger partial charge in [0.2, 0.25) is 0 Å². The minimum absolute atomic E-state index is 0.654. The smallest absolute Gasteiger partial charge is 0.160 e. The Kier molecular flexibility index (Phi) is 4.53. The van der Waals surface area contributed by atoms with Crippen LogP contribution in [0.1, 0.15) is 25.3 Å². The summed E-state index contributed by atoms with van der Waals surface area (Å²) in [5.41, 5.74) is 2.47. The number of methoxy groups -OCH3 is 1. The number of hydrogen-bond donors (Lipinski definition) is 1. The SMILES string of the molecule is CCCCc1ccc(OC)cc1N1CCSC1=N. The highest BCUT2D eigenvalue weighted by molar-refractivity contribution is 8.14. The molecule has 18 heavy (non-hydrogen) atoms. The number of unbranched alkanes of at least 4 members (excludes halogenated alkanes) is 1. The van der Waals surface area contributed by atoms with Gasteiger partial charge in [-0.2, -0.15) is 0 Å². The van der Waals surface area contributed by atoms with Gasteiger partial charge in [0.05, 0.1) is 7.11 Å². The number of thioether (sulfide) groups is 1. The standard InChI is InChI=1S/C14H20N2OS/c1-3-4-5-11-6-7-12(17-2)10-13(11)16-8-9-18-14(16)15/h6-7,10,15H,3-5,8-9H2,1-2H3. The van der Waals surface area contributed by atoms with E-state index in [2.05, 4.69) is 24.0 Å². The Balaban J connectivity index is 2.30. The van der Waals surface area contributed by atoms with E-state index >= 15 is 0 Å². The summed E-state index contributed by atoms with van der Waals surface area (Å²) in [4.78, 5) is 2.10. The summed E-state index contributed by atoms with van der Waals surface area (Å²) in [5, 5.41) is 8.65. The molecule has 3 nitrogen and oxygen atoms in total. The van der Waals surface area contributed by atoms with Gasteiger partial charge in [-0.25, -0.2) is 0 Å². The Morgan fingerprint density at radius 2 is 2.28 bits per heavy atom. The van der Waals surface area contributed by atoms with Crippen LogP contribution in [-0.2, 0) is 6.42 Å². The Hall–Kier alpha value is -1.16. The quantitative estimate of drug-likeness (QED) is 0.884. The van der Waals surface area contributed by atoms with Crippen molar-refractivity contribution in [2.45, 2.75) is 26.2 Å². The number of benzene rings is 1. The Bertz CT molecular complexity index is 434. The van der Waals surface area contributed by atoms with E-state index in [1.807, 2.05) is 6.07 Å². The number of hydrogen-bond acceptors (Lipinski definition) is 3. The molecule has 1 aromatic carbocycles. The zero-order valence-corrected chi connectivity index (χ0v) is 11.8. The lowest BCUT2D eigenvalue weighted by Gasteiger charge is -2.21. The fourth-order valence-electron chi connectivity index (χ4n) is 2.14. The largest absolute Gasteiger partial charge is 0.497 e. The molecule has 0 spiro atoms. The van der Waals surface area contributed by atoms with Gasteiger partial charge < -0.3 is 9.64 Å². The van der Waals surface area contributed by atoms with Crippen LogP contribution in [0.15, 0.2) is 18.2 Å². The average molecular weight is 264 g/mol. The minimum atomic E-state index is 0.654. The van der Waals surface area contributed by atoms with Crippen LogP contribution >= 0.6 is 11.8 Å². The molecule has 1 heterocycles. The molecule has 1 aromatic rings. The highest BCUT2D eigenvalue weighted by atomic mass is 32.2. The highest BCUT2D eigenvalue weighted by Gasteiger charge is 2.22. The van der Waals surface area contributed by atoms with Gasteiger partial charge in [-0.1, -0.05) is 31.2 Å². The van der Waals surface area contributed by atoms with Crippen molar-refractivity contribution in [1.29, 1.82) is 5.41 Å². The Labute approximate surface area is 113 Å². The second-order valence-corrected chi connectivity index (χ2v) is 5.49. The first-order valence-electron chi connectivity index (χ1n) is 6.42. The molecule has 1 fully saturated rings. The van der Waals surface area contributed by atoms with E-state index in [4.69, 9.17) is 10.1 Å². The average Bonchev–Trinajstić information content (AvgIpc) is 2.82. The lowest BCUT2D eigenvalue weighted by Crippen LogP contribution is -2.24. The maximum atomic E-state index is 7.99. The molecule has 0 saturated carbocycles. The first-order valence-corrected chi connectivity index (χ1v) is 7.40. The third kappa shape index (κ3) is 2.80. The predicted octanol–water partition coefficient (Wildman–Crippen LogP) is 3.53. The Morgan fingerprint density at radius 1 is 1.44 bits per heavy atom. The fourth-order valence-corrected chi connectivity index (χ4v) is 2.96. The van der Waals surface area contributed by atoms with Crippen molar-refractivity contribution in [3.05, 3.63) is 23.8 Å². The molecule has 1 aliphatic rings. The third-order valence-corrected chi connectivity index (χ3v) is 4.06. The van der Waals surface area contributed by atoms with Crippen molar-refractivity contribution in [2.24, 2.45) is 0 Å². The number of rotatable bonds is 5. The highest BCUT2D eigenvalue weighted by Crippen LogP contribution is 2.32. The zero-order chi connectivity index (χ0) is 13.0. The molecule has 0 unspecified atom stereocenters. The number of nitrogens with zero attached hydrogens (tertiary/aromatic N) is 1. The van der Waals surface area contributed by atoms with Gasteiger partial charge in [0.25, 0.3) is 0 Å². The molecular formula is C14H20N2OS. The van der Waals surface area contributed by atoms with Gasteiger partial charge in [0.1, 0.15) is 5.75 Å². The van der Waals surface area contributed by atoms with Gasteiger partial charge in [-0.3, -0.25) is 5.41 Å². The maximum Gasteiger partial charge on any atom is 0.160 e. The van der Waals surface area contributed by atoms with Crippen molar-refractivity contribution in [1.82, 2.24) is 0 Å². The summed E-state index contributed by atoms with van der Waals surface area (Å²) in [6, 6.07) is 6.22. The number of amidine groups is 1. The molecule has 1 saturated heterocycles. The van der Waals surface area contributed by atoms with E-state index in [0.717, 1.165) is 30.2 Å². The lowest BCUT2D eigenvalue weighted by atomic mass is 10.1. The monoisotopic (exact) mass is 264 g/mol. The van der Waals surface area contributed by atoms with Crippen molar-refractivity contribution in [3.63, 3.8) is 0 Å². The van der Waals surface area contributed by atoms with Crippen molar-refractivity contribution in [3.8, 4) is 5.75 Å². The molecule has 1 N–H and O–H groups in total. The van der Waals surface area contributed by atoms with E-state index in [0.29, 0.717) is 5.17 Å². The molecule has 0 atom stereocenters. The first kappa shape index (κ1) is 13.3. The van der Waals surface area contributed by atoms with Gasteiger partial charge in [0.15, 0.2) is 5.17 Å². The second-order valence-electron chi connectivity index (χ2n) is 4.40. The topological polar surface area (TPSA) is 36.3 Å². The summed E-state index contributed by atoms with van der Waals surface area (Å²) < 4.78 is 5.31. The summed E-state index contributed by atoms with van der Waals surface area (Å²) in [5.74, 6) is 1.87. The third-order valence-electron chi connectivity index (χ3n) is 3.18. The van der Waals surface area contributed by atoms with E-state index in [1.54, 1.807) is 18.9 Å². The van der Waals surface area contributed by atoms with Crippen LogP contribution in [-0.4, -0.2) is 24.6 Å². The van der Waals surface area contributed by atoms with Crippen LogP contribution in [0.2, 0.25) is 0 Å². The molecule has 0 amide bonds. The summed E-state index contributed by atoms with van der Waals surface area (Å²) in [7, 11) is 1.69. The number of aryl methyl sites for hydroxylation is 1. The summed E-state index contributed by atoms with van der Waals surface area (Å²) in [6.45, 7) is 3.13. The van der Waals surface area contributed by atoms with Gasteiger partial charge in [-0.15, -0.1) is 0 Å². The van der Waals surface area contributed by atoms with Crippen LogP contribution in [0, 0.1) is 5.41 Å². The van der Waals surface area contributed by atoms with Crippen molar-refractivity contribution >= 4 is 22.6 Å². The van der Waals surface area contributed by atoms with Gasteiger partial charge >= 0.3 is 0 Å². The van der Waals surface area contributed by atoms with Gasteiger partial charge in [0, 0.05) is 24.1 Å². The fraction of sp³-hybridized carbons (Fsp3) is 0.500. The first-order chi connectivity index (χ1) is 8.76. The molecule has 4 heteroatoms. The molecule has 98 valence electrons. The summed E-state index contributed by atoms with van der Waals surface area (Å²) in [6.07, 6.45) is 3.45. The molecular weight excluding hydrogens is 244 g/mol. The zero-order valence-electron chi connectivity index (χ0n) is 11.0. The minimum Gasteiger partial charge on any atom is -0.497 e.